The van der Waals surface area contributed by atoms with Gasteiger partial charge in [-0.25, -0.2) is 0 Å². The Bertz CT molecular complexity index is 585. The summed E-state index contributed by atoms with van der Waals surface area (Å²) in [6, 6.07) is 4.15. The molecule has 1 N–H and O–H groups in total. The highest BCUT2D eigenvalue weighted by atomic mass is 16.5. The van der Waals surface area contributed by atoms with Gasteiger partial charge in [-0.3, -0.25) is 4.79 Å². The van der Waals surface area contributed by atoms with E-state index in [1.165, 1.54) is 0 Å². The number of nitrogens with one attached hydrogen (secondary N) is 1. The third kappa shape index (κ3) is 2.53. The van der Waals surface area contributed by atoms with Crippen LogP contribution in [0.25, 0.3) is 11.0 Å². The van der Waals surface area contributed by atoms with Crippen LogP contribution in [0.2, 0.25) is 0 Å². The summed E-state index contributed by atoms with van der Waals surface area (Å²) < 4.78 is 5.29. The Morgan fingerprint density at radius 2 is 2.11 bits per heavy atom. The van der Waals surface area contributed by atoms with Crippen LogP contribution in [0, 0.1) is 13.8 Å². The molecule has 0 bridgehead atoms. The molecule has 1 aromatic heterocycles. The first kappa shape index (κ1) is 12.6. The summed E-state index contributed by atoms with van der Waals surface area (Å²) in [6.45, 7) is 7.90. The minimum Gasteiger partial charge on any atom is -0.356 e. The van der Waals surface area contributed by atoms with E-state index in [4.69, 9.17) is 4.52 Å². The molecule has 4 nitrogen and oxygen atoms in total. The fraction of sp³-hybridized carbons (Fsp3) is 0.429. The molecule has 0 aliphatic heterocycles. The van der Waals surface area contributed by atoms with Crippen LogP contribution in [-0.4, -0.2) is 17.1 Å². The number of aromatic nitrogens is 1. The minimum atomic E-state index is -0.0276. The van der Waals surface area contributed by atoms with Gasteiger partial charge in [0, 0.05) is 11.4 Å². The van der Waals surface area contributed by atoms with Crippen molar-refractivity contribution >= 4 is 16.9 Å². The maximum absolute atomic E-state index is 11.7. The van der Waals surface area contributed by atoms with Gasteiger partial charge in [0.1, 0.15) is 5.69 Å². The van der Waals surface area contributed by atoms with Gasteiger partial charge in [0.15, 0.2) is 5.58 Å². The van der Waals surface area contributed by atoms with Crippen molar-refractivity contribution in [2.24, 2.45) is 0 Å². The number of hydrogen-bond acceptors (Lipinski definition) is 3. The lowest BCUT2D eigenvalue weighted by Gasteiger charge is -2.07. The molecule has 0 saturated heterocycles. The summed E-state index contributed by atoms with van der Waals surface area (Å²) in [5.41, 5.74) is 3.69. The highest BCUT2D eigenvalue weighted by Crippen LogP contribution is 2.24. The van der Waals surface area contributed by atoms with Gasteiger partial charge in [-0.2, -0.15) is 0 Å². The lowest BCUT2D eigenvalue weighted by molar-refractivity contribution is -0.120. The summed E-state index contributed by atoms with van der Waals surface area (Å²) in [5.74, 6) is -0.0276. The Morgan fingerprint density at radius 3 is 2.78 bits per heavy atom. The first-order valence-electron chi connectivity index (χ1n) is 6.12. The lowest BCUT2D eigenvalue weighted by atomic mass is 10.0. The van der Waals surface area contributed by atoms with Gasteiger partial charge >= 0.3 is 0 Å². The van der Waals surface area contributed by atoms with E-state index in [0.717, 1.165) is 22.1 Å². The van der Waals surface area contributed by atoms with Crippen LogP contribution < -0.4 is 5.32 Å². The summed E-state index contributed by atoms with van der Waals surface area (Å²) in [6.07, 6.45) is 0.259. The van der Waals surface area contributed by atoms with Crippen molar-refractivity contribution in [2.45, 2.75) is 40.2 Å². The predicted octanol–water partition coefficient (Wildman–Crippen LogP) is 2.51. The third-order valence-electron chi connectivity index (χ3n) is 2.76. The number of aryl methyl sites for hydroxylation is 2. The number of fused-ring (bicyclic) bond motifs is 1. The molecular weight excluding hydrogens is 228 g/mol. The summed E-state index contributed by atoms with van der Waals surface area (Å²) in [4.78, 5) is 11.7. The number of nitrogens with zero attached hydrogens (tertiary/aromatic N) is 1. The molecule has 0 saturated carbocycles. The quantitative estimate of drug-likeness (QED) is 0.905. The molecule has 0 atom stereocenters. The topological polar surface area (TPSA) is 55.1 Å². The van der Waals surface area contributed by atoms with E-state index < -0.39 is 0 Å². The third-order valence-corrected chi connectivity index (χ3v) is 2.76. The van der Waals surface area contributed by atoms with Crippen molar-refractivity contribution in [1.29, 1.82) is 0 Å². The van der Waals surface area contributed by atoms with Crippen LogP contribution in [0.4, 0.5) is 0 Å². The van der Waals surface area contributed by atoms with Crippen LogP contribution in [0.1, 0.15) is 30.7 Å². The van der Waals surface area contributed by atoms with Gasteiger partial charge in [0.05, 0.1) is 6.42 Å². The second-order valence-corrected chi connectivity index (χ2v) is 4.98. The van der Waals surface area contributed by atoms with E-state index in [1.54, 1.807) is 0 Å². The fourth-order valence-corrected chi connectivity index (χ4v) is 2.17. The van der Waals surface area contributed by atoms with Crippen molar-refractivity contribution in [3.05, 3.63) is 29.0 Å². The number of carbonyl (C=O) groups excluding carboxylic acids is 1. The second-order valence-electron chi connectivity index (χ2n) is 4.98. The molecule has 1 heterocycles. The standard InChI is InChI=1S/C14H18N2O2/c1-8(2)15-13(17)7-11-14-10(4)5-9(3)6-12(14)18-16-11/h5-6,8H,7H2,1-4H3,(H,15,17). The monoisotopic (exact) mass is 246 g/mol. The zero-order valence-corrected chi connectivity index (χ0v) is 11.2. The molecule has 18 heavy (non-hydrogen) atoms. The van der Waals surface area contributed by atoms with Gasteiger partial charge in [-0.15, -0.1) is 0 Å². The molecule has 1 amide bonds. The highest BCUT2D eigenvalue weighted by molar-refractivity contribution is 5.88. The van der Waals surface area contributed by atoms with Crippen LogP contribution in [0.3, 0.4) is 0 Å². The van der Waals surface area contributed by atoms with Gasteiger partial charge in [-0.1, -0.05) is 11.2 Å². The first-order valence-corrected chi connectivity index (χ1v) is 6.12. The van der Waals surface area contributed by atoms with Crippen LogP contribution in [0.15, 0.2) is 16.7 Å². The molecule has 2 aromatic rings. The Kier molecular flexibility index (Phi) is 3.36. The van der Waals surface area contributed by atoms with Crippen molar-refractivity contribution < 1.29 is 9.32 Å². The Morgan fingerprint density at radius 1 is 1.39 bits per heavy atom. The summed E-state index contributed by atoms with van der Waals surface area (Å²) in [5, 5.41) is 7.82. The zero-order chi connectivity index (χ0) is 13.3. The number of rotatable bonds is 3. The Labute approximate surface area is 106 Å². The fourth-order valence-electron chi connectivity index (χ4n) is 2.17. The number of carbonyl (C=O) groups is 1. The zero-order valence-electron chi connectivity index (χ0n) is 11.2. The van der Waals surface area contributed by atoms with E-state index in [9.17, 15) is 4.79 Å². The largest absolute Gasteiger partial charge is 0.356 e. The van der Waals surface area contributed by atoms with Crippen LogP contribution in [0.5, 0.6) is 0 Å². The average molecular weight is 246 g/mol. The molecule has 1 aromatic carbocycles. The van der Waals surface area contributed by atoms with Crippen molar-refractivity contribution in [2.75, 3.05) is 0 Å². The van der Waals surface area contributed by atoms with E-state index in [1.807, 2.05) is 33.8 Å². The molecule has 0 spiro atoms. The van der Waals surface area contributed by atoms with Crippen molar-refractivity contribution in [3.63, 3.8) is 0 Å². The lowest BCUT2D eigenvalue weighted by Crippen LogP contribution is -2.31. The second kappa shape index (κ2) is 4.80. The van der Waals surface area contributed by atoms with Crippen molar-refractivity contribution in [1.82, 2.24) is 10.5 Å². The van der Waals surface area contributed by atoms with Gasteiger partial charge < -0.3 is 9.84 Å². The number of benzene rings is 1. The number of amides is 1. The highest BCUT2D eigenvalue weighted by Gasteiger charge is 2.15. The molecule has 0 fully saturated rings. The van der Waals surface area contributed by atoms with Crippen LogP contribution >= 0.6 is 0 Å². The molecule has 0 radical (unpaired) electrons. The summed E-state index contributed by atoms with van der Waals surface area (Å²) in [7, 11) is 0. The Hall–Kier alpha value is -1.84. The normalized spacial score (nSPS) is 11.2. The Balaban J connectivity index is 2.32. The van der Waals surface area contributed by atoms with Gasteiger partial charge in [0.25, 0.3) is 0 Å². The molecule has 4 heteroatoms. The van der Waals surface area contributed by atoms with E-state index in [-0.39, 0.29) is 18.4 Å². The van der Waals surface area contributed by atoms with Gasteiger partial charge in [0.2, 0.25) is 5.91 Å². The van der Waals surface area contributed by atoms with Crippen LogP contribution in [-0.2, 0) is 11.2 Å². The average Bonchev–Trinajstić information content (AvgIpc) is 2.59. The predicted molar refractivity (Wildman–Crippen MR) is 70.5 cm³/mol. The molecule has 2 rings (SSSR count). The smallest absolute Gasteiger partial charge is 0.226 e. The SMILES string of the molecule is Cc1cc(C)c2c(CC(=O)NC(C)C)noc2c1. The van der Waals surface area contributed by atoms with Crippen molar-refractivity contribution in [3.8, 4) is 0 Å². The minimum absolute atomic E-state index is 0.0276. The maximum Gasteiger partial charge on any atom is 0.226 e. The van der Waals surface area contributed by atoms with E-state index >= 15 is 0 Å². The maximum atomic E-state index is 11.7. The first-order chi connectivity index (χ1) is 8.47. The molecular formula is C14H18N2O2. The molecule has 96 valence electrons. The number of hydrogen-bond donors (Lipinski definition) is 1. The molecule has 0 aliphatic rings. The van der Waals surface area contributed by atoms with Gasteiger partial charge in [-0.05, 0) is 44.9 Å². The molecule has 0 unspecified atom stereocenters. The van der Waals surface area contributed by atoms with E-state index in [0.29, 0.717) is 5.69 Å². The molecule has 0 aliphatic carbocycles. The summed E-state index contributed by atoms with van der Waals surface area (Å²) >= 11 is 0. The van der Waals surface area contributed by atoms with E-state index in [2.05, 4.69) is 16.5 Å².